The van der Waals surface area contributed by atoms with Gasteiger partial charge in [-0.1, -0.05) is 25.7 Å². The molecule has 0 bridgehead atoms. The zero-order valence-corrected chi connectivity index (χ0v) is 22.6. The number of carbonyl (C=O) groups excluding carboxylic acids is 3. The Balaban J connectivity index is 1.26. The molecule has 0 atom stereocenters. The van der Waals surface area contributed by atoms with Gasteiger partial charge in [-0.25, -0.2) is 4.98 Å². The lowest BCUT2D eigenvalue weighted by atomic mass is 9.98. The molecule has 1 aromatic carbocycles. The van der Waals surface area contributed by atoms with E-state index in [1.165, 1.54) is 26.3 Å². The number of nitrogens with zero attached hydrogens (tertiary/aromatic N) is 3. The van der Waals surface area contributed by atoms with E-state index in [9.17, 15) is 14.4 Å². The fourth-order valence-electron chi connectivity index (χ4n) is 5.38. The van der Waals surface area contributed by atoms with Crippen molar-refractivity contribution >= 4 is 23.4 Å². The van der Waals surface area contributed by atoms with E-state index in [1.54, 1.807) is 24.4 Å². The molecule has 0 spiro atoms. The third-order valence-electron chi connectivity index (χ3n) is 7.32. The number of anilines is 1. The molecule has 1 aliphatic heterocycles. The van der Waals surface area contributed by atoms with Gasteiger partial charge in [0, 0.05) is 55.9 Å². The Labute approximate surface area is 224 Å². The van der Waals surface area contributed by atoms with E-state index in [0.29, 0.717) is 48.3 Å². The topological polar surface area (TPSA) is 117 Å². The van der Waals surface area contributed by atoms with Gasteiger partial charge in [0.15, 0.2) is 12.2 Å². The predicted molar refractivity (Wildman–Crippen MR) is 144 cm³/mol. The number of nitrogens with one attached hydrogen (secondary N) is 2. The SMILES string of the molecule is COc1cc(NC(=O)C(=O)NC(C)(C)CN2CCN(C(=O)C3CCCCCC3)CC2)ccc1-c1cnco1. The average molecular weight is 526 g/mol. The van der Waals surface area contributed by atoms with E-state index < -0.39 is 17.4 Å². The minimum atomic E-state index is -0.758. The fraction of sp³-hybridized carbons (Fsp3) is 0.571. The van der Waals surface area contributed by atoms with Crippen molar-refractivity contribution in [2.24, 2.45) is 5.92 Å². The molecule has 2 fully saturated rings. The Morgan fingerprint density at radius 2 is 1.76 bits per heavy atom. The summed E-state index contributed by atoms with van der Waals surface area (Å²) >= 11 is 0. The van der Waals surface area contributed by atoms with Gasteiger partial charge in [0.25, 0.3) is 0 Å². The second-order valence-electron chi connectivity index (χ2n) is 10.9. The van der Waals surface area contributed by atoms with Crippen LogP contribution in [0.15, 0.2) is 35.2 Å². The standard InChI is InChI=1S/C28H39N5O5/c1-28(2,18-32-12-14-33(15-13-32)27(36)20-8-6-4-5-7-9-20)31-26(35)25(34)30-21-10-11-22(23(16-21)37-3)24-17-29-19-38-24/h10-11,16-17,19-20H,4-9,12-15,18H2,1-3H3,(H,30,34)(H,31,35). The van der Waals surface area contributed by atoms with Crippen molar-refractivity contribution in [2.45, 2.75) is 57.9 Å². The molecule has 2 aromatic rings. The first kappa shape index (κ1) is 27.6. The lowest BCUT2D eigenvalue weighted by Crippen LogP contribution is -2.58. The summed E-state index contributed by atoms with van der Waals surface area (Å²) in [5, 5.41) is 5.48. The minimum Gasteiger partial charge on any atom is -0.496 e. The zero-order valence-electron chi connectivity index (χ0n) is 22.6. The highest BCUT2D eigenvalue weighted by molar-refractivity contribution is 6.39. The molecule has 3 amide bonds. The van der Waals surface area contributed by atoms with Crippen molar-refractivity contribution < 1.29 is 23.5 Å². The first-order valence-electron chi connectivity index (χ1n) is 13.5. The first-order chi connectivity index (χ1) is 18.3. The number of amides is 3. The number of methoxy groups -OCH3 is 1. The zero-order chi connectivity index (χ0) is 27.1. The Bertz CT molecular complexity index is 1100. The van der Waals surface area contributed by atoms with Gasteiger partial charge in [0.1, 0.15) is 5.75 Å². The van der Waals surface area contributed by atoms with Crippen LogP contribution in [0.3, 0.4) is 0 Å². The Morgan fingerprint density at radius 3 is 2.39 bits per heavy atom. The van der Waals surface area contributed by atoms with Crippen LogP contribution in [0.25, 0.3) is 11.3 Å². The molecule has 0 unspecified atom stereocenters. The van der Waals surface area contributed by atoms with E-state index in [4.69, 9.17) is 9.15 Å². The lowest BCUT2D eigenvalue weighted by molar-refractivity contribution is -0.138. The largest absolute Gasteiger partial charge is 0.496 e. The number of hydrogen-bond acceptors (Lipinski definition) is 7. The molecule has 206 valence electrons. The molecule has 2 aliphatic rings. The van der Waals surface area contributed by atoms with E-state index in [2.05, 4.69) is 20.5 Å². The normalized spacial score (nSPS) is 17.5. The molecule has 2 heterocycles. The number of oxazole rings is 1. The van der Waals surface area contributed by atoms with Crippen LogP contribution in [0.1, 0.15) is 52.4 Å². The lowest BCUT2D eigenvalue weighted by Gasteiger charge is -2.40. The van der Waals surface area contributed by atoms with Gasteiger partial charge in [0.05, 0.1) is 18.9 Å². The molecule has 4 rings (SSSR count). The molecule has 38 heavy (non-hydrogen) atoms. The van der Waals surface area contributed by atoms with E-state index >= 15 is 0 Å². The van der Waals surface area contributed by atoms with E-state index in [1.807, 2.05) is 18.7 Å². The molecule has 10 nitrogen and oxygen atoms in total. The van der Waals surface area contributed by atoms with Gasteiger partial charge in [-0.2, -0.15) is 0 Å². The van der Waals surface area contributed by atoms with E-state index in [-0.39, 0.29) is 5.92 Å². The quantitative estimate of drug-likeness (QED) is 0.421. The molecular weight excluding hydrogens is 486 g/mol. The van der Waals surface area contributed by atoms with Crippen LogP contribution in [0, 0.1) is 5.92 Å². The number of aromatic nitrogens is 1. The van der Waals surface area contributed by atoms with Crippen LogP contribution in [0.4, 0.5) is 5.69 Å². The Morgan fingerprint density at radius 1 is 1.05 bits per heavy atom. The Kier molecular flexibility index (Phi) is 9.04. The fourth-order valence-corrected chi connectivity index (χ4v) is 5.38. The van der Waals surface area contributed by atoms with Gasteiger partial charge < -0.3 is 24.7 Å². The molecule has 1 aliphatic carbocycles. The summed E-state index contributed by atoms with van der Waals surface area (Å²) < 4.78 is 10.7. The summed E-state index contributed by atoms with van der Waals surface area (Å²) in [6.45, 7) is 7.28. The number of piperazine rings is 1. The molecule has 10 heteroatoms. The summed E-state index contributed by atoms with van der Waals surface area (Å²) in [6.07, 6.45) is 9.70. The monoisotopic (exact) mass is 525 g/mol. The van der Waals surface area contributed by atoms with Crippen molar-refractivity contribution in [3.05, 3.63) is 30.8 Å². The van der Waals surface area contributed by atoms with E-state index in [0.717, 1.165) is 38.8 Å². The van der Waals surface area contributed by atoms with Gasteiger partial charge in [-0.05, 0) is 38.8 Å². The first-order valence-corrected chi connectivity index (χ1v) is 13.5. The van der Waals surface area contributed by atoms with Gasteiger partial charge >= 0.3 is 11.8 Å². The summed E-state index contributed by atoms with van der Waals surface area (Å²) in [6, 6.07) is 5.04. The van der Waals surface area contributed by atoms with Gasteiger partial charge in [-0.15, -0.1) is 0 Å². The van der Waals surface area contributed by atoms with Gasteiger partial charge in [0.2, 0.25) is 5.91 Å². The van der Waals surface area contributed by atoms with Crippen molar-refractivity contribution in [1.29, 1.82) is 0 Å². The highest BCUT2D eigenvalue weighted by Gasteiger charge is 2.31. The average Bonchev–Trinajstić information content (AvgIpc) is 3.30. The maximum Gasteiger partial charge on any atom is 0.313 e. The molecule has 0 radical (unpaired) electrons. The maximum absolute atomic E-state index is 13.0. The molecule has 1 saturated carbocycles. The summed E-state index contributed by atoms with van der Waals surface area (Å²) in [4.78, 5) is 46.5. The number of hydrogen-bond donors (Lipinski definition) is 2. The number of rotatable bonds is 7. The number of carbonyl (C=O) groups is 3. The minimum absolute atomic E-state index is 0.177. The smallest absolute Gasteiger partial charge is 0.313 e. The third-order valence-corrected chi connectivity index (χ3v) is 7.32. The second kappa shape index (κ2) is 12.4. The molecule has 2 N–H and O–H groups in total. The van der Waals surface area contributed by atoms with Crippen LogP contribution >= 0.6 is 0 Å². The van der Waals surface area contributed by atoms with Crippen molar-refractivity contribution in [1.82, 2.24) is 20.1 Å². The van der Waals surface area contributed by atoms with Crippen molar-refractivity contribution in [3.63, 3.8) is 0 Å². The number of benzene rings is 1. The summed E-state index contributed by atoms with van der Waals surface area (Å²) in [5.41, 5.74) is 0.484. The van der Waals surface area contributed by atoms with Crippen LogP contribution in [-0.2, 0) is 14.4 Å². The molecule has 1 aromatic heterocycles. The molecule has 1 saturated heterocycles. The van der Waals surface area contributed by atoms with Crippen LogP contribution in [-0.4, -0.2) is 77.9 Å². The van der Waals surface area contributed by atoms with Crippen molar-refractivity contribution in [3.8, 4) is 17.1 Å². The van der Waals surface area contributed by atoms with Crippen LogP contribution in [0.5, 0.6) is 5.75 Å². The molecular formula is C28H39N5O5. The Hall–Kier alpha value is -3.40. The van der Waals surface area contributed by atoms with Gasteiger partial charge in [-0.3, -0.25) is 19.3 Å². The van der Waals surface area contributed by atoms with Crippen LogP contribution in [0.2, 0.25) is 0 Å². The summed E-state index contributed by atoms with van der Waals surface area (Å²) in [5.74, 6) is 0.0329. The van der Waals surface area contributed by atoms with Crippen LogP contribution < -0.4 is 15.4 Å². The number of ether oxygens (including phenoxy) is 1. The third kappa shape index (κ3) is 7.12. The predicted octanol–water partition coefficient (Wildman–Crippen LogP) is 3.30. The van der Waals surface area contributed by atoms with Crippen molar-refractivity contribution in [2.75, 3.05) is 45.2 Å². The summed E-state index contributed by atoms with van der Waals surface area (Å²) in [7, 11) is 1.52. The highest BCUT2D eigenvalue weighted by Crippen LogP contribution is 2.32. The second-order valence-corrected chi connectivity index (χ2v) is 10.9. The maximum atomic E-state index is 13.0. The highest BCUT2D eigenvalue weighted by atomic mass is 16.5.